The van der Waals surface area contributed by atoms with Crippen LogP contribution in [0.2, 0.25) is 0 Å². The molecule has 14 heavy (non-hydrogen) atoms. The minimum atomic E-state index is 0.0277. The van der Waals surface area contributed by atoms with Gasteiger partial charge >= 0.3 is 0 Å². The minimum Gasteiger partial charge on any atom is -0.353 e. The number of nitrogens with zero attached hydrogens (tertiary/aromatic N) is 3. The third-order valence-corrected chi connectivity index (χ3v) is 2.33. The summed E-state index contributed by atoms with van der Waals surface area (Å²) in [6, 6.07) is 1.91. The zero-order valence-electron chi connectivity index (χ0n) is 9.28. The zero-order chi connectivity index (χ0) is 10.8. The summed E-state index contributed by atoms with van der Waals surface area (Å²) in [5, 5.41) is 7.99. The van der Waals surface area contributed by atoms with Crippen LogP contribution < -0.4 is 10.6 Å². The molecule has 0 aliphatic rings. The SMILES string of the molecule is CN(c1nnccc1CN)C(C)(C)C. The van der Waals surface area contributed by atoms with Crippen molar-refractivity contribution in [1.82, 2.24) is 10.2 Å². The van der Waals surface area contributed by atoms with Gasteiger partial charge in [-0.2, -0.15) is 5.10 Å². The highest BCUT2D eigenvalue weighted by atomic mass is 15.3. The van der Waals surface area contributed by atoms with Gasteiger partial charge in [-0.1, -0.05) is 0 Å². The van der Waals surface area contributed by atoms with Crippen LogP contribution >= 0.6 is 0 Å². The molecule has 4 nitrogen and oxygen atoms in total. The molecule has 0 fully saturated rings. The summed E-state index contributed by atoms with van der Waals surface area (Å²) in [6.07, 6.45) is 1.67. The maximum absolute atomic E-state index is 5.64. The third-order valence-electron chi connectivity index (χ3n) is 2.33. The van der Waals surface area contributed by atoms with Crippen LogP contribution in [-0.4, -0.2) is 22.8 Å². The molecule has 0 saturated carbocycles. The lowest BCUT2D eigenvalue weighted by atomic mass is 10.1. The fourth-order valence-electron chi connectivity index (χ4n) is 1.11. The third kappa shape index (κ3) is 2.20. The summed E-state index contributed by atoms with van der Waals surface area (Å²) in [5.41, 5.74) is 6.69. The van der Waals surface area contributed by atoms with Gasteiger partial charge < -0.3 is 10.6 Å². The highest BCUT2D eigenvalue weighted by molar-refractivity contribution is 5.46. The average Bonchev–Trinajstić information content (AvgIpc) is 2.15. The van der Waals surface area contributed by atoms with Crippen LogP contribution in [0.3, 0.4) is 0 Å². The van der Waals surface area contributed by atoms with E-state index in [1.165, 1.54) is 0 Å². The monoisotopic (exact) mass is 194 g/mol. The van der Waals surface area contributed by atoms with Gasteiger partial charge in [0.05, 0.1) is 6.20 Å². The number of rotatable bonds is 2. The lowest BCUT2D eigenvalue weighted by molar-refractivity contribution is 0.529. The van der Waals surface area contributed by atoms with E-state index in [4.69, 9.17) is 5.73 Å². The molecule has 0 atom stereocenters. The summed E-state index contributed by atoms with van der Waals surface area (Å²) in [7, 11) is 2.00. The standard InChI is InChI=1S/C10H18N4/c1-10(2,3)14(4)9-8(7-11)5-6-12-13-9/h5-6H,7,11H2,1-4H3. The van der Waals surface area contributed by atoms with Crippen LogP contribution in [0.25, 0.3) is 0 Å². The van der Waals surface area contributed by atoms with E-state index < -0.39 is 0 Å². The molecular formula is C10H18N4. The summed E-state index contributed by atoms with van der Waals surface area (Å²) in [6.45, 7) is 6.87. The molecule has 1 aromatic rings. The van der Waals surface area contributed by atoms with Crippen LogP contribution in [-0.2, 0) is 6.54 Å². The smallest absolute Gasteiger partial charge is 0.155 e. The van der Waals surface area contributed by atoms with Crippen molar-refractivity contribution in [2.45, 2.75) is 32.9 Å². The molecule has 0 amide bonds. The van der Waals surface area contributed by atoms with Gasteiger partial charge in [0.2, 0.25) is 0 Å². The number of hydrogen-bond donors (Lipinski definition) is 1. The Morgan fingerprint density at radius 2 is 2.07 bits per heavy atom. The fourth-order valence-corrected chi connectivity index (χ4v) is 1.11. The van der Waals surface area contributed by atoms with Crippen LogP contribution in [0.4, 0.5) is 5.82 Å². The van der Waals surface area contributed by atoms with Crippen molar-refractivity contribution < 1.29 is 0 Å². The Morgan fingerprint density at radius 1 is 1.43 bits per heavy atom. The molecular weight excluding hydrogens is 176 g/mol. The highest BCUT2D eigenvalue weighted by Crippen LogP contribution is 2.21. The molecule has 0 saturated heterocycles. The topological polar surface area (TPSA) is 55.0 Å². The van der Waals surface area contributed by atoms with Crippen LogP contribution in [0, 0.1) is 0 Å². The van der Waals surface area contributed by atoms with Crippen molar-refractivity contribution >= 4 is 5.82 Å². The van der Waals surface area contributed by atoms with E-state index >= 15 is 0 Å². The largest absolute Gasteiger partial charge is 0.353 e. The van der Waals surface area contributed by atoms with E-state index in [0.717, 1.165) is 11.4 Å². The second-order valence-corrected chi connectivity index (χ2v) is 4.31. The van der Waals surface area contributed by atoms with Gasteiger partial charge in [-0.15, -0.1) is 5.10 Å². The molecule has 2 N–H and O–H groups in total. The summed E-state index contributed by atoms with van der Waals surface area (Å²) in [5.74, 6) is 0.863. The van der Waals surface area contributed by atoms with Crippen molar-refractivity contribution in [3.05, 3.63) is 17.8 Å². The summed E-state index contributed by atoms with van der Waals surface area (Å²) in [4.78, 5) is 2.09. The highest BCUT2D eigenvalue weighted by Gasteiger charge is 2.20. The molecule has 4 heteroatoms. The number of hydrogen-bond acceptors (Lipinski definition) is 4. The van der Waals surface area contributed by atoms with Gasteiger partial charge in [0, 0.05) is 24.7 Å². The lowest BCUT2D eigenvalue weighted by Gasteiger charge is -2.33. The van der Waals surface area contributed by atoms with E-state index in [0.29, 0.717) is 6.54 Å². The molecule has 0 spiro atoms. The molecule has 1 rings (SSSR count). The molecule has 1 aromatic heterocycles. The molecule has 0 aliphatic carbocycles. The predicted octanol–water partition coefficient (Wildman–Crippen LogP) is 1.17. The van der Waals surface area contributed by atoms with Gasteiger partial charge in [0.25, 0.3) is 0 Å². The van der Waals surface area contributed by atoms with Crippen molar-refractivity contribution in [2.75, 3.05) is 11.9 Å². The maximum Gasteiger partial charge on any atom is 0.155 e. The molecule has 78 valence electrons. The summed E-state index contributed by atoms with van der Waals surface area (Å²) < 4.78 is 0. The molecule has 0 aromatic carbocycles. The Kier molecular flexibility index (Phi) is 3.06. The van der Waals surface area contributed by atoms with E-state index in [2.05, 4.69) is 35.9 Å². The van der Waals surface area contributed by atoms with E-state index in [1.807, 2.05) is 13.1 Å². The van der Waals surface area contributed by atoms with E-state index in [-0.39, 0.29) is 5.54 Å². The molecule has 1 heterocycles. The minimum absolute atomic E-state index is 0.0277. The first-order valence-electron chi connectivity index (χ1n) is 4.71. The van der Waals surface area contributed by atoms with Crippen molar-refractivity contribution in [3.63, 3.8) is 0 Å². The van der Waals surface area contributed by atoms with Crippen molar-refractivity contribution in [2.24, 2.45) is 5.73 Å². The Balaban J connectivity index is 3.06. The predicted molar refractivity (Wildman–Crippen MR) is 58.1 cm³/mol. The molecule has 0 radical (unpaired) electrons. The van der Waals surface area contributed by atoms with Gasteiger partial charge in [0.15, 0.2) is 5.82 Å². The van der Waals surface area contributed by atoms with E-state index in [1.54, 1.807) is 6.20 Å². The first-order valence-corrected chi connectivity index (χ1v) is 4.71. The number of aromatic nitrogens is 2. The van der Waals surface area contributed by atoms with Crippen molar-refractivity contribution in [1.29, 1.82) is 0 Å². The Hall–Kier alpha value is -1.16. The average molecular weight is 194 g/mol. The Bertz CT molecular complexity index is 303. The molecule has 0 bridgehead atoms. The number of anilines is 1. The zero-order valence-corrected chi connectivity index (χ0v) is 9.28. The van der Waals surface area contributed by atoms with Crippen LogP contribution in [0.5, 0.6) is 0 Å². The maximum atomic E-state index is 5.64. The second kappa shape index (κ2) is 3.92. The van der Waals surface area contributed by atoms with Gasteiger partial charge in [-0.3, -0.25) is 0 Å². The summed E-state index contributed by atoms with van der Waals surface area (Å²) >= 11 is 0. The van der Waals surface area contributed by atoms with E-state index in [9.17, 15) is 0 Å². The van der Waals surface area contributed by atoms with Crippen molar-refractivity contribution in [3.8, 4) is 0 Å². The first kappa shape index (κ1) is 10.9. The van der Waals surface area contributed by atoms with Gasteiger partial charge in [0.1, 0.15) is 0 Å². The van der Waals surface area contributed by atoms with Gasteiger partial charge in [-0.05, 0) is 26.8 Å². The fraction of sp³-hybridized carbons (Fsp3) is 0.600. The molecule has 0 aliphatic heterocycles. The second-order valence-electron chi connectivity index (χ2n) is 4.31. The quantitative estimate of drug-likeness (QED) is 0.768. The van der Waals surface area contributed by atoms with Crippen LogP contribution in [0.15, 0.2) is 12.3 Å². The Morgan fingerprint density at radius 3 is 2.57 bits per heavy atom. The normalized spacial score (nSPS) is 11.5. The van der Waals surface area contributed by atoms with Crippen LogP contribution in [0.1, 0.15) is 26.3 Å². The number of nitrogens with two attached hydrogens (primary N) is 1. The first-order chi connectivity index (χ1) is 6.46. The Labute approximate surface area is 85.1 Å². The lowest BCUT2D eigenvalue weighted by Crippen LogP contribution is -2.39. The molecule has 0 unspecified atom stereocenters. The van der Waals surface area contributed by atoms with Gasteiger partial charge in [-0.25, -0.2) is 0 Å².